The quantitative estimate of drug-likeness (QED) is 0.828. The summed E-state index contributed by atoms with van der Waals surface area (Å²) >= 11 is 0. The van der Waals surface area contributed by atoms with Crippen LogP contribution in [0.3, 0.4) is 0 Å². The summed E-state index contributed by atoms with van der Waals surface area (Å²) in [6, 6.07) is 5.08. The molecular weight excluding hydrogens is 320 g/mol. The molecule has 0 aliphatic carbocycles. The molecule has 0 saturated carbocycles. The zero-order valence-electron chi connectivity index (χ0n) is 13.6. The van der Waals surface area contributed by atoms with Crippen molar-refractivity contribution in [2.75, 3.05) is 6.26 Å². The first-order valence-electron chi connectivity index (χ1n) is 6.96. The Bertz CT molecular complexity index is 675. The molecule has 3 N–H and O–H groups in total. The van der Waals surface area contributed by atoms with Crippen LogP contribution in [-0.4, -0.2) is 38.3 Å². The molecule has 8 heteroatoms. The van der Waals surface area contributed by atoms with Crippen LogP contribution in [0.15, 0.2) is 29.2 Å². The van der Waals surface area contributed by atoms with Gasteiger partial charge in [-0.3, -0.25) is 4.79 Å². The lowest BCUT2D eigenvalue weighted by Gasteiger charge is -2.22. The van der Waals surface area contributed by atoms with Crippen LogP contribution in [0.4, 0.5) is 4.79 Å². The average Bonchev–Trinajstić information content (AvgIpc) is 2.35. The number of nitrogens with one attached hydrogen (secondary N) is 1. The molecular formula is C15H22N2O5S. The Hall–Kier alpha value is -2.09. The van der Waals surface area contributed by atoms with Gasteiger partial charge in [-0.15, -0.1) is 0 Å². The highest BCUT2D eigenvalue weighted by Gasteiger charge is 2.23. The second kappa shape index (κ2) is 6.99. The van der Waals surface area contributed by atoms with E-state index in [9.17, 15) is 18.0 Å². The van der Waals surface area contributed by atoms with E-state index in [1.807, 2.05) is 0 Å². The van der Waals surface area contributed by atoms with Crippen LogP contribution in [0, 0.1) is 0 Å². The molecule has 2 amide bonds. The molecule has 23 heavy (non-hydrogen) atoms. The number of alkyl carbamates (subject to hydrolysis) is 1. The molecule has 0 saturated heterocycles. The predicted molar refractivity (Wildman–Crippen MR) is 85.6 cm³/mol. The number of benzene rings is 1. The molecule has 1 aromatic carbocycles. The number of primary amides is 1. The minimum absolute atomic E-state index is 0.138. The van der Waals surface area contributed by atoms with E-state index in [1.165, 1.54) is 12.1 Å². The highest BCUT2D eigenvalue weighted by Crippen LogP contribution is 2.12. The van der Waals surface area contributed by atoms with Gasteiger partial charge in [-0.1, -0.05) is 12.1 Å². The van der Waals surface area contributed by atoms with Gasteiger partial charge in [0.25, 0.3) is 0 Å². The highest BCUT2D eigenvalue weighted by molar-refractivity contribution is 7.90. The van der Waals surface area contributed by atoms with Gasteiger partial charge in [-0.25, -0.2) is 13.2 Å². The van der Waals surface area contributed by atoms with Crippen LogP contribution < -0.4 is 11.1 Å². The van der Waals surface area contributed by atoms with Crippen LogP contribution in [0.25, 0.3) is 0 Å². The monoisotopic (exact) mass is 342 g/mol. The van der Waals surface area contributed by atoms with Crippen molar-refractivity contribution in [3.63, 3.8) is 0 Å². The molecule has 0 radical (unpaired) electrons. The van der Waals surface area contributed by atoms with Crippen molar-refractivity contribution < 1.29 is 22.7 Å². The standard InChI is InChI=1S/C15H22N2O5S/c1-15(2,3)22-14(19)17-12(13(16)18)9-10-5-7-11(8-6-10)23(4,20)21/h5-8,12H,9H2,1-4H3,(H2,16,18)(H,17,19)/t12-/m1/s1. The number of nitrogens with two attached hydrogens (primary N) is 1. The van der Waals surface area contributed by atoms with Crippen LogP contribution >= 0.6 is 0 Å². The second-order valence-corrected chi connectivity index (χ2v) is 8.24. The molecule has 0 spiro atoms. The fourth-order valence-corrected chi connectivity index (χ4v) is 2.41. The number of amides is 2. The molecule has 0 fully saturated rings. The Labute approximate surface area is 136 Å². The lowest BCUT2D eigenvalue weighted by Crippen LogP contribution is -2.47. The average molecular weight is 342 g/mol. The molecule has 0 aliphatic rings. The summed E-state index contributed by atoms with van der Waals surface area (Å²) in [6.45, 7) is 5.11. The Morgan fingerprint density at radius 3 is 2.13 bits per heavy atom. The maximum atomic E-state index is 11.7. The number of carbonyl (C=O) groups is 2. The van der Waals surface area contributed by atoms with Gasteiger partial charge in [0.1, 0.15) is 11.6 Å². The van der Waals surface area contributed by atoms with E-state index in [0.29, 0.717) is 5.56 Å². The van der Waals surface area contributed by atoms with E-state index in [0.717, 1.165) is 6.26 Å². The lowest BCUT2D eigenvalue weighted by molar-refractivity contribution is -0.120. The Morgan fingerprint density at radius 1 is 1.22 bits per heavy atom. The summed E-state index contributed by atoms with van der Waals surface area (Å²) in [6.07, 6.45) is 0.505. The number of sulfone groups is 1. The largest absolute Gasteiger partial charge is 0.444 e. The third-order valence-corrected chi connectivity index (χ3v) is 3.95. The van der Waals surface area contributed by atoms with Crippen molar-refractivity contribution in [2.24, 2.45) is 5.73 Å². The molecule has 0 heterocycles. The first kappa shape index (κ1) is 19.0. The molecule has 1 rings (SSSR count). The van der Waals surface area contributed by atoms with Gasteiger partial charge in [-0.05, 0) is 38.5 Å². The maximum Gasteiger partial charge on any atom is 0.408 e. The van der Waals surface area contributed by atoms with Crippen molar-refractivity contribution >= 4 is 21.8 Å². The van der Waals surface area contributed by atoms with Gasteiger partial charge in [0, 0.05) is 12.7 Å². The minimum atomic E-state index is -3.29. The summed E-state index contributed by atoms with van der Waals surface area (Å²) in [5.41, 5.74) is 5.26. The number of hydrogen-bond acceptors (Lipinski definition) is 5. The van der Waals surface area contributed by atoms with Gasteiger partial charge < -0.3 is 15.8 Å². The van der Waals surface area contributed by atoms with E-state index < -0.39 is 33.5 Å². The van der Waals surface area contributed by atoms with Crippen LogP contribution in [-0.2, 0) is 25.8 Å². The third kappa shape index (κ3) is 6.68. The first-order valence-corrected chi connectivity index (χ1v) is 8.85. The first-order chi connectivity index (χ1) is 10.4. The van der Waals surface area contributed by atoms with E-state index in [4.69, 9.17) is 10.5 Å². The SMILES string of the molecule is CC(C)(C)OC(=O)N[C@H](Cc1ccc(S(C)(=O)=O)cc1)C(N)=O. The minimum Gasteiger partial charge on any atom is -0.444 e. The molecule has 0 unspecified atom stereocenters. The fourth-order valence-electron chi connectivity index (χ4n) is 1.78. The number of hydrogen-bond donors (Lipinski definition) is 2. The molecule has 7 nitrogen and oxygen atoms in total. The summed E-state index contributed by atoms with van der Waals surface area (Å²) in [7, 11) is -3.29. The topological polar surface area (TPSA) is 116 Å². The summed E-state index contributed by atoms with van der Waals surface area (Å²) < 4.78 is 27.9. The van der Waals surface area contributed by atoms with Crippen LogP contribution in [0.1, 0.15) is 26.3 Å². The highest BCUT2D eigenvalue weighted by atomic mass is 32.2. The zero-order chi connectivity index (χ0) is 17.8. The van der Waals surface area contributed by atoms with E-state index >= 15 is 0 Å². The molecule has 0 bridgehead atoms. The molecule has 0 aromatic heterocycles. The Morgan fingerprint density at radius 2 is 1.74 bits per heavy atom. The molecule has 1 atom stereocenters. The van der Waals surface area contributed by atoms with Crippen molar-refractivity contribution in [2.45, 2.75) is 43.7 Å². The molecule has 128 valence electrons. The number of ether oxygens (including phenoxy) is 1. The van der Waals surface area contributed by atoms with E-state index in [2.05, 4.69) is 5.32 Å². The number of carbonyl (C=O) groups excluding carboxylic acids is 2. The van der Waals surface area contributed by atoms with Gasteiger partial charge in [0.2, 0.25) is 5.91 Å². The van der Waals surface area contributed by atoms with Gasteiger partial charge >= 0.3 is 6.09 Å². The molecule has 0 aliphatic heterocycles. The number of rotatable bonds is 5. The normalized spacial score (nSPS) is 13.2. The van der Waals surface area contributed by atoms with Crippen molar-refractivity contribution in [1.29, 1.82) is 0 Å². The van der Waals surface area contributed by atoms with Gasteiger partial charge in [0.15, 0.2) is 9.84 Å². The smallest absolute Gasteiger partial charge is 0.408 e. The Kier molecular flexibility index (Phi) is 5.76. The Balaban J connectivity index is 2.81. The van der Waals surface area contributed by atoms with Gasteiger partial charge in [-0.2, -0.15) is 0 Å². The summed E-state index contributed by atoms with van der Waals surface area (Å²) in [5, 5.41) is 2.41. The van der Waals surface area contributed by atoms with Crippen LogP contribution in [0.5, 0.6) is 0 Å². The lowest BCUT2D eigenvalue weighted by atomic mass is 10.1. The van der Waals surface area contributed by atoms with Gasteiger partial charge in [0.05, 0.1) is 4.90 Å². The van der Waals surface area contributed by atoms with E-state index in [1.54, 1.807) is 32.9 Å². The molecule has 1 aromatic rings. The summed E-state index contributed by atoms with van der Waals surface area (Å²) in [5.74, 6) is -0.706. The van der Waals surface area contributed by atoms with Crippen molar-refractivity contribution in [1.82, 2.24) is 5.32 Å². The third-order valence-electron chi connectivity index (χ3n) is 2.83. The second-order valence-electron chi connectivity index (χ2n) is 6.22. The summed E-state index contributed by atoms with van der Waals surface area (Å²) in [4.78, 5) is 23.4. The maximum absolute atomic E-state index is 11.7. The van der Waals surface area contributed by atoms with Crippen LogP contribution in [0.2, 0.25) is 0 Å². The predicted octanol–water partition coefficient (Wildman–Crippen LogP) is 1.01. The van der Waals surface area contributed by atoms with E-state index in [-0.39, 0.29) is 11.3 Å². The van der Waals surface area contributed by atoms with Crippen molar-refractivity contribution in [3.05, 3.63) is 29.8 Å². The zero-order valence-corrected chi connectivity index (χ0v) is 14.4. The fraction of sp³-hybridized carbons (Fsp3) is 0.467. The van der Waals surface area contributed by atoms with Crippen molar-refractivity contribution in [3.8, 4) is 0 Å².